The smallest absolute Gasteiger partial charge is 0.258 e. The number of benzene rings is 1. The Kier molecular flexibility index (Phi) is 5.85. The van der Waals surface area contributed by atoms with E-state index in [4.69, 9.17) is 0 Å². The molecular weight excluding hydrogens is 344 g/mol. The van der Waals surface area contributed by atoms with Crippen molar-refractivity contribution >= 4 is 17.8 Å². The van der Waals surface area contributed by atoms with E-state index in [1.54, 1.807) is 36.0 Å². The van der Waals surface area contributed by atoms with Gasteiger partial charge in [-0.1, -0.05) is 0 Å². The van der Waals surface area contributed by atoms with Crippen molar-refractivity contribution < 1.29 is 9.59 Å². The fourth-order valence-corrected chi connectivity index (χ4v) is 3.06. The molecular formula is C19H26N6O2. The van der Waals surface area contributed by atoms with Crippen LogP contribution in [0.5, 0.6) is 0 Å². The second-order valence-electron chi connectivity index (χ2n) is 7.10. The average Bonchev–Trinajstić information content (AvgIpc) is 3.02. The SMILES string of the molecule is CC(C)NC(=O)c1ccc(C(=O)Nc2nc(C3CCNCC3)nn2C)cc1. The summed E-state index contributed by atoms with van der Waals surface area (Å²) in [6.45, 7) is 5.72. The molecule has 3 rings (SSSR count). The maximum Gasteiger partial charge on any atom is 0.258 e. The zero-order chi connectivity index (χ0) is 19.4. The Labute approximate surface area is 158 Å². The fraction of sp³-hybridized carbons (Fsp3) is 0.474. The number of rotatable bonds is 5. The van der Waals surface area contributed by atoms with E-state index < -0.39 is 0 Å². The summed E-state index contributed by atoms with van der Waals surface area (Å²) in [4.78, 5) is 29.0. The molecule has 1 saturated heterocycles. The van der Waals surface area contributed by atoms with Gasteiger partial charge in [-0.25, -0.2) is 4.68 Å². The predicted octanol–water partition coefficient (Wildman–Crippen LogP) is 1.67. The van der Waals surface area contributed by atoms with E-state index in [2.05, 4.69) is 26.0 Å². The van der Waals surface area contributed by atoms with Gasteiger partial charge < -0.3 is 10.6 Å². The highest BCUT2D eigenvalue weighted by atomic mass is 16.2. The summed E-state index contributed by atoms with van der Waals surface area (Å²) in [6, 6.07) is 6.61. The number of hydrogen-bond donors (Lipinski definition) is 3. The number of nitrogens with zero attached hydrogens (tertiary/aromatic N) is 3. The lowest BCUT2D eigenvalue weighted by atomic mass is 9.98. The summed E-state index contributed by atoms with van der Waals surface area (Å²) in [5, 5.41) is 13.4. The molecule has 27 heavy (non-hydrogen) atoms. The van der Waals surface area contributed by atoms with Crippen molar-refractivity contribution in [1.29, 1.82) is 0 Å². The molecule has 0 aliphatic carbocycles. The van der Waals surface area contributed by atoms with Crippen molar-refractivity contribution in [2.75, 3.05) is 18.4 Å². The third-order valence-electron chi connectivity index (χ3n) is 4.54. The molecule has 2 amide bonds. The minimum Gasteiger partial charge on any atom is -0.350 e. The van der Waals surface area contributed by atoms with Gasteiger partial charge in [0.25, 0.3) is 11.8 Å². The summed E-state index contributed by atoms with van der Waals surface area (Å²) in [5.74, 6) is 1.09. The number of carbonyl (C=O) groups excluding carboxylic acids is 2. The van der Waals surface area contributed by atoms with Crippen molar-refractivity contribution in [3.05, 3.63) is 41.2 Å². The van der Waals surface area contributed by atoms with Crippen LogP contribution in [0.3, 0.4) is 0 Å². The van der Waals surface area contributed by atoms with Gasteiger partial charge in [0.1, 0.15) is 0 Å². The van der Waals surface area contributed by atoms with Crippen LogP contribution in [0.15, 0.2) is 24.3 Å². The summed E-state index contributed by atoms with van der Waals surface area (Å²) < 4.78 is 1.60. The van der Waals surface area contributed by atoms with Crippen LogP contribution in [0.4, 0.5) is 5.95 Å². The van der Waals surface area contributed by atoms with Gasteiger partial charge in [-0.2, -0.15) is 10.1 Å². The third kappa shape index (κ3) is 4.71. The fourth-order valence-electron chi connectivity index (χ4n) is 3.06. The Balaban J connectivity index is 1.66. The van der Waals surface area contributed by atoms with Gasteiger partial charge >= 0.3 is 0 Å². The highest BCUT2D eigenvalue weighted by Gasteiger charge is 2.21. The van der Waals surface area contributed by atoms with Crippen LogP contribution in [-0.4, -0.2) is 45.7 Å². The van der Waals surface area contributed by atoms with Crippen LogP contribution in [0.2, 0.25) is 0 Å². The van der Waals surface area contributed by atoms with Gasteiger partial charge in [0.05, 0.1) is 0 Å². The van der Waals surface area contributed by atoms with E-state index in [9.17, 15) is 9.59 Å². The molecule has 2 aromatic rings. The van der Waals surface area contributed by atoms with E-state index in [1.165, 1.54) is 0 Å². The lowest BCUT2D eigenvalue weighted by molar-refractivity contribution is 0.0941. The van der Waals surface area contributed by atoms with E-state index in [0.29, 0.717) is 23.0 Å². The molecule has 0 radical (unpaired) electrons. The summed E-state index contributed by atoms with van der Waals surface area (Å²) in [5.41, 5.74) is 0.981. The Morgan fingerprint density at radius 3 is 2.30 bits per heavy atom. The molecule has 0 spiro atoms. The molecule has 0 atom stereocenters. The van der Waals surface area contributed by atoms with Gasteiger partial charge in [-0.05, 0) is 64.0 Å². The van der Waals surface area contributed by atoms with Crippen LogP contribution >= 0.6 is 0 Å². The number of piperidine rings is 1. The Morgan fingerprint density at radius 2 is 1.70 bits per heavy atom. The maximum absolute atomic E-state index is 12.5. The van der Waals surface area contributed by atoms with Crippen LogP contribution in [-0.2, 0) is 7.05 Å². The molecule has 8 nitrogen and oxygen atoms in total. The minimum atomic E-state index is -0.279. The molecule has 144 valence electrons. The van der Waals surface area contributed by atoms with Gasteiger partial charge in [-0.3, -0.25) is 14.9 Å². The molecule has 1 aromatic carbocycles. The molecule has 2 heterocycles. The topological polar surface area (TPSA) is 101 Å². The Hall–Kier alpha value is -2.74. The highest BCUT2D eigenvalue weighted by molar-refractivity contribution is 6.04. The van der Waals surface area contributed by atoms with Crippen molar-refractivity contribution in [2.45, 2.75) is 38.6 Å². The zero-order valence-corrected chi connectivity index (χ0v) is 16.0. The number of nitrogens with one attached hydrogen (secondary N) is 3. The lowest BCUT2D eigenvalue weighted by Gasteiger charge is -2.19. The highest BCUT2D eigenvalue weighted by Crippen LogP contribution is 2.23. The standard InChI is InChI=1S/C19H26N6O2/c1-12(2)21-17(26)14-4-6-15(7-5-14)18(27)23-19-22-16(24-25(19)3)13-8-10-20-11-9-13/h4-7,12-13,20H,8-11H2,1-3H3,(H,21,26)(H,22,23,24,27). The molecule has 0 unspecified atom stereocenters. The van der Waals surface area contributed by atoms with Crippen molar-refractivity contribution in [1.82, 2.24) is 25.4 Å². The zero-order valence-electron chi connectivity index (χ0n) is 16.0. The van der Waals surface area contributed by atoms with Gasteiger partial charge in [0, 0.05) is 30.1 Å². The molecule has 3 N–H and O–H groups in total. The van der Waals surface area contributed by atoms with E-state index >= 15 is 0 Å². The molecule has 1 aliphatic rings. The first-order valence-corrected chi connectivity index (χ1v) is 9.28. The van der Waals surface area contributed by atoms with Crippen molar-refractivity contribution in [3.8, 4) is 0 Å². The third-order valence-corrected chi connectivity index (χ3v) is 4.54. The molecule has 8 heteroatoms. The van der Waals surface area contributed by atoms with Crippen molar-refractivity contribution in [2.24, 2.45) is 7.05 Å². The van der Waals surface area contributed by atoms with Crippen molar-refractivity contribution in [3.63, 3.8) is 0 Å². The van der Waals surface area contributed by atoms with E-state index in [-0.39, 0.29) is 17.9 Å². The Bertz CT molecular complexity index is 806. The number of aryl methyl sites for hydroxylation is 1. The average molecular weight is 370 g/mol. The number of aromatic nitrogens is 3. The van der Waals surface area contributed by atoms with E-state index in [1.807, 2.05) is 13.8 Å². The maximum atomic E-state index is 12.5. The summed E-state index contributed by atoms with van der Waals surface area (Å²) >= 11 is 0. The first-order chi connectivity index (χ1) is 12.9. The number of carbonyl (C=O) groups is 2. The first kappa shape index (κ1) is 19.0. The van der Waals surface area contributed by atoms with Gasteiger partial charge in [0.15, 0.2) is 5.82 Å². The second-order valence-corrected chi connectivity index (χ2v) is 7.10. The molecule has 0 saturated carbocycles. The second kappa shape index (κ2) is 8.30. The van der Waals surface area contributed by atoms with E-state index in [0.717, 1.165) is 31.8 Å². The normalized spacial score (nSPS) is 15.0. The molecule has 0 bridgehead atoms. The van der Waals surface area contributed by atoms with Crippen LogP contribution < -0.4 is 16.0 Å². The molecule has 1 aliphatic heterocycles. The van der Waals surface area contributed by atoms with Crippen LogP contribution in [0.25, 0.3) is 0 Å². The molecule has 1 fully saturated rings. The number of anilines is 1. The predicted molar refractivity (Wildman–Crippen MR) is 103 cm³/mol. The minimum absolute atomic E-state index is 0.0607. The van der Waals surface area contributed by atoms with Crippen LogP contribution in [0, 0.1) is 0 Å². The van der Waals surface area contributed by atoms with Gasteiger partial charge in [0.2, 0.25) is 5.95 Å². The molecule has 1 aromatic heterocycles. The number of hydrogen-bond acceptors (Lipinski definition) is 5. The summed E-state index contributed by atoms with van der Waals surface area (Å²) in [6.07, 6.45) is 1.99. The largest absolute Gasteiger partial charge is 0.350 e. The summed E-state index contributed by atoms with van der Waals surface area (Å²) in [7, 11) is 1.77. The quantitative estimate of drug-likeness (QED) is 0.743. The first-order valence-electron chi connectivity index (χ1n) is 9.28. The van der Waals surface area contributed by atoms with Gasteiger partial charge in [-0.15, -0.1) is 0 Å². The monoisotopic (exact) mass is 370 g/mol. The van der Waals surface area contributed by atoms with Crippen LogP contribution in [0.1, 0.15) is 59.1 Å². The number of amides is 2. The lowest BCUT2D eigenvalue weighted by Crippen LogP contribution is -2.30. The Morgan fingerprint density at radius 1 is 1.11 bits per heavy atom.